The van der Waals surface area contributed by atoms with Crippen molar-refractivity contribution in [2.75, 3.05) is 26.2 Å². The highest BCUT2D eigenvalue weighted by molar-refractivity contribution is 7.12. The number of fused-ring (bicyclic) bond motifs is 3. The van der Waals surface area contributed by atoms with Gasteiger partial charge in [0, 0.05) is 28.5 Å². The first-order valence-electron chi connectivity index (χ1n) is 9.32. The molecule has 3 nitrogen and oxygen atoms in total. The Kier molecular flexibility index (Phi) is 4.80. The lowest BCUT2D eigenvalue weighted by molar-refractivity contribution is -0.941. The highest BCUT2D eigenvalue weighted by Crippen LogP contribution is 2.41. The van der Waals surface area contributed by atoms with Gasteiger partial charge in [-0.1, -0.05) is 18.7 Å². The maximum atomic E-state index is 13.4. The molecule has 0 aliphatic carbocycles. The number of nitrogens with zero attached hydrogens (tertiary/aromatic N) is 1. The minimum absolute atomic E-state index is 0.0317. The van der Waals surface area contributed by atoms with E-state index in [1.54, 1.807) is 22.7 Å². The number of hydrogen-bond donors (Lipinski definition) is 0. The maximum Gasteiger partial charge on any atom is 0.322 e. The molecule has 0 unspecified atom stereocenters. The van der Waals surface area contributed by atoms with E-state index in [4.69, 9.17) is 4.74 Å². The molecule has 5 heteroatoms. The lowest BCUT2D eigenvalue weighted by Gasteiger charge is -2.52. The largest absolute Gasteiger partial charge is 0.455 e. The van der Waals surface area contributed by atoms with Crippen LogP contribution in [0.2, 0.25) is 0 Å². The van der Waals surface area contributed by atoms with Gasteiger partial charge in [0.1, 0.15) is 12.0 Å². The molecule has 26 heavy (non-hydrogen) atoms. The van der Waals surface area contributed by atoms with E-state index < -0.39 is 5.41 Å². The number of piperidine rings is 3. The van der Waals surface area contributed by atoms with Crippen molar-refractivity contribution in [2.24, 2.45) is 5.92 Å². The molecule has 5 rings (SSSR count). The smallest absolute Gasteiger partial charge is 0.322 e. The molecule has 2 aromatic rings. The minimum atomic E-state index is -0.711. The Morgan fingerprint density at radius 2 is 1.88 bits per heavy atom. The zero-order valence-corrected chi connectivity index (χ0v) is 16.9. The second-order valence-corrected chi connectivity index (χ2v) is 9.70. The number of quaternary nitrogens is 1. The van der Waals surface area contributed by atoms with Crippen LogP contribution < -0.4 is 0 Å². The van der Waals surface area contributed by atoms with Crippen molar-refractivity contribution in [1.82, 2.24) is 0 Å². The number of rotatable bonds is 6. The van der Waals surface area contributed by atoms with Crippen LogP contribution in [-0.4, -0.2) is 42.7 Å². The summed E-state index contributed by atoms with van der Waals surface area (Å²) in [5.74, 6) is 0.414. The summed E-state index contributed by atoms with van der Waals surface area (Å²) in [6.07, 6.45) is 4.36. The Bertz CT molecular complexity index is 724. The number of ether oxygens (including phenoxy) is 1. The Balaban J connectivity index is 1.59. The van der Waals surface area contributed by atoms with Gasteiger partial charge in [-0.3, -0.25) is 4.79 Å². The van der Waals surface area contributed by atoms with E-state index in [1.165, 1.54) is 13.1 Å². The quantitative estimate of drug-likeness (QED) is 0.415. The van der Waals surface area contributed by atoms with Crippen molar-refractivity contribution in [3.05, 3.63) is 57.4 Å². The summed E-state index contributed by atoms with van der Waals surface area (Å²) >= 11 is 3.26. The molecule has 5 heterocycles. The number of carbonyl (C=O) groups excluding carboxylic acids is 1. The van der Waals surface area contributed by atoms with Gasteiger partial charge in [-0.25, -0.2) is 0 Å². The van der Waals surface area contributed by atoms with Crippen molar-refractivity contribution >= 4 is 28.6 Å². The van der Waals surface area contributed by atoms with Crippen molar-refractivity contribution in [3.8, 4) is 0 Å². The maximum absolute atomic E-state index is 13.4. The molecule has 0 amide bonds. The van der Waals surface area contributed by atoms with Crippen molar-refractivity contribution in [1.29, 1.82) is 0 Å². The standard InChI is InChI=1S/C21H26NO2S2/c1-3-10-22-11-8-16(9-12-22)17(15-22)24-20(23)21(2,18-6-4-13-25-18)19-7-5-14-26-19/h3-7,13-14,16-17H,1,8-12,15H2,2H3/q+1/t16?,17-,22?/m0/s1. The number of thiophene rings is 2. The van der Waals surface area contributed by atoms with Gasteiger partial charge in [0.15, 0.2) is 6.10 Å². The third-order valence-corrected chi connectivity index (χ3v) is 8.44. The first-order chi connectivity index (χ1) is 12.6. The van der Waals surface area contributed by atoms with Crippen LogP contribution in [0.3, 0.4) is 0 Å². The Hall–Kier alpha value is -1.43. The molecule has 3 fully saturated rings. The fourth-order valence-corrected chi connectivity index (χ4v) is 6.43. The molecule has 138 valence electrons. The fourth-order valence-electron chi connectivity index (χ4n) is 4.59. The van der Waals surface area contributed by atoms with Gasteiger partial charge < -0.3 is 9.22 Å². The van der Waals surface area contributed by atoms with E-state index in [9.17, 15) is 4.79 Å². The normalized spacial score (nSPS) is 28.0. The highest BCUT2D eigenvalue weighted by Gasteiger charge is 2.49. The van der Waals surface area contributed by atoms with Crippen molar-refractivity contribution < 1.29 is 14.0 Å². The Morgan fingerprint density at radius 1 is 1.27 bits per heavy atom. The van der Waals surface area contributed by atoms with Crippen LogP contribution in [-0.2, 0) is 14.9 Å². The monoisotopic (exact) mass is 388 g/mol. The van der Waals surface area contributed by atoms with Gasteiger partial charge in [0.05, 0.1) is 19.6 Å². The summed E-state index contributed by atoms with van der Waals surface area (Å²) in [5.41, 5.74) is -0.711. The molecule has 0 radical (unpaired) electrons. The summed E-state index contributed by atoms with van der Waals surface area (Å²) in [4.78, 5) is 15.5. The molecule has 3 aliphatic rings. The molecule has 3 saturated heterocycles. The van der Waals surface area contributed by atoms with Crippen LogP contribution in [0.1, 0.15) is 29.5 Å². The Labute approximate surface area is 163 Å². The predicted molar refractivity (Wildman–Crippen MR) is 108 cm³/mol. The van der Waals surface area contributed by atoms with E-state index in [1.807, 2.05) is 48.0 Å². The van der Waals surface area contributed by atoms with Crippen LogP contribution in [0.5, 0.6) is 0 Å². The first-order valence-corrected chi connectivity index (χ1v) is 11.1. The second-order valence-electron chi connectivity index (χ2n) is 7.80. The van der Waals surface area contributed by atoms with Crippen LogP contribution >= 0.6 is 22.7 Å². The number of hydrogen-bond acceptors (Lipinski definition) is 4. The summed E-state index contributed by atoms with van der Waals surface area (Å²) in [5, 5.41) is 4.07. The summed E-state index contributed by atoms with van der Waals surface area (Å²) in [7, 11) is 0. The van der Waals surface area contributed by atoms with Gasteiger partial charge in [0.25, 0.3) is 0 Å². The van der Waals surface area contributed by atoms with Crippen LogP contribution in [0, 0.1) is 5.92 Å². The van der Waals surface area contributed by atoms with E-state index in [-0.39, 0.29) is 12.1 Å². The number of carbonyl (C=O) groups is 1. The van der Waals surface area contributed by atoms with Gasteiger partial charge in [-0.2, -0.15) is 0 Å². The first kappa shape index (κ1) is 18.0. The molecule has 0 aromatic carbocycles. The highest BCUT2D eigenvalue weighted by atomic mass is 32.1. The molecular weight excluding hydrogens is 362 g/mol. The van der Waals surface area contributed by atoms with Crippen LogP contribution in [0.4, 0.5) is 0 Å². The SMILES string of the molecule is C=CC[N+]12CCC(CC1)[C@@H](OC(=O)C(C)(c1cccs1)c1cccs1)C2. The minimum Gasteiger partial charge on any atom is -0.455 e. The van der Waals surface area contributed by atoms with Crippen molar-refractivity contribution in [3.63, 3.8) is 0 Å². The predicted octanol–water partition coefficient (Wildman–Crippen LogP) is 4.45. The average molecular weight is 389 g/mol. The summed E-state index contributed by atoms with van der Waals surface area (Å²) < 4.78 is 7.27. The van der Waals surface area contributed by atoms with Gasteiger partial charge >= 0.3 is 5.97 Å². The summed E-state index contributed by atoms with van der Waals surface area (Å²) in [6.45, 7) is 10.3. The molecule has 0 saturated carbocycles. The molecule has 0 N–H and O–H groups in total. The molecule has 1 atom stereocenters. The molecular formula is C21H26NO2S2+. The third-order valence-electron chi connectivity index (χ3n) is 6.25. The zero-order chi connectivity index (χ0) is 18.2. The van der Waals surface area contributed by atoms with E-state index in [0.29, 0.717) is 5.92 Å². The third kappa shape index (κ3) is 2.96. The molecule has 3 aliphatic heterocycles. The topological polar surface area (TPSA) is 26.3 Å². The van der Waals surface area contributed by atoms with Gasteiger partial charge in [-0.05, 0) is 35.9 Å². The van der Waals surface area contributed by atoms with Crippen LogP contribution in [0.15, 0.2) is 47.7 Å². The second kappa shape index (κ2) is 6.95. The van der Waals surface area contributed by atoms with Gasteiger partial charge in [-0.15, -0.1) is 22.7 Å². The lowest BCUT2D eigenvalue weighted by Crippen LogP contribution is -2.64. The molecule has 2 bridgehead atoms. The fraction of sp³-hybridized carbons (Fsp3) is 0.476. The summed E-state index contributed by atoms with van der Waals surface area (Å²) in [6, 6.07) is 8.12. The lowest BCUT2D eigenvalue weighted by atomic mass is 9.82. The molecule has 0 spiro atoms. The number of esters is 1. The van der Waals surface area contributed by atoms with E-state index >= 15 is 0 Å². The zero-order valence-electron chi connectivity index (χ0n) is 15.2. The van der Waals surface area contributed by atoms with Crippen molar-refractivity contribution in [2.45, 2.75) is 31.3 Å². The van der Waals surface area contributed by atoms with Gasteiger partial charge in [0.2, 0.25) is 0 Å². The van der Waals surface area contributed by atoms with E-state index in [0.717, 1.165) is 40.2 Å². The molecule has 2 aromatic heterocycles. The van der Waals surface area contributed by atoms with Crippen LogP contribution in [0.25, 0.3) is 0 Å². The Morgan fingerprint density at radius 3 is 2.38 bits per heavy atom. The van der Waals surface area contributed by atoms with E-state index in [2.05, 4.69) is 6.58 Å². The average Bonchev–Trinajstić information content (AvgIpc) is 3.36.